The molecular formula is C86H166B4N2O10S2. The summed E-state index contributed by atoms with van der Waals surface area (Å²) >= 11 is 5.28. The number of aliphatic hydroxyl groups is 1. The number of benzene rings is 8. The van der Waals surface area contributed by atoms with Crippen LogP contribution in [0.4, 0.5) is 0 Å². The van der Waals surface area contributed by atoms with Gasteiger partial charge in [-0.25, -0.2) is 0 Å². The third kappa shape index (κ3) is 258. The fourth-order valence-corrected chi connectivity index (χ4v) is 3.42. The van der Waals surface area contributed by atoms with Gasteiger partial charge in [0.05, 0.1) is 0 Å². The van der Waals surface area contributed by atoms with E-state index in [-0.39, 0.29) is 33.7 Å². The first kappa shape index (κ1) is 168. The Morgan fingerprint density at radius 1 is 0.260 bits per heavy atom. The van der Waals surface area contributed by atoms with Gasteiger partial charge in [-0.1, -0.05) is 346 Å². The molecule has 8 rings (SSSR count). The molecule has 0 saturated carbocycles. The molecule has 8 aromatic carbocycles. The topological polar surface area (TPSA) is 229 Å². The number of phenolic OH excluding ortho intramolecular Hbond substituents is 8. The lowest BCUT2D eigenvalue weighted by Crippen LogP contribution is -1.89. The van der Waals surface area contributed by atoms with Crippen molar-refractivity contribution < 1.29 is 50.7 Å². The van der Waals surface area contributed by atoms with Gasteiger partial charge in [0.1, 0.15) is 46.0 Å². The molecule has 12 radical (unpaired) electrons. The highest BCUT2D eigenvalue weighted by atomic mass is 32.2. The van der Waals surface area contributed by atoms with Crippen LogP contribution in [0.2, 0.25) is 0 Å². The number of nitrogens with two attached hydrogens (primary N) is 1. The number of methoxy groups -OCH3 is 1. The van der Waals surface area contributed by atoms with Crippen LogP contribution < -0.4 is 11.1 Å². The molecule has 0 aliphatic heterocycles. The van der Waals surface area contributed by atoms with Crippen LogP contribution in [0.25, 0.3) is 0 Å². The molecular weight excluding hydrogens is 1330 g/mol. The van der Waals surface area contributed by atoms with Crippen molar-refractivity contribution in [2.75, 3.05) is 61.2 Å². The molecule has 0 fully saturated rings. The van der Waals surface area contributed by atoms with Crippen LogP contribution in [-0.2, 0) is 4.74 Å². The second-order valence-corrected chi connectivity index (χ2v) is 13.5. The number of aromatic hydroxyl groups is 8. The molecule has 104 heavy (non-hydrogen) atoms. The number of thiol groups is 1. The van der Waals surface area contributed by atoms with Gasteiger partial charge < -0.3 is 61.7 Å². The van der Waals surface area contributed by atoms with Crippen molar-refractivity contribution in [2.45, 2.75) is 200 Å². The Balaban J connectivity index is -0.0000000296. The Bertz CT molecular complexity index is 1650. The van der Waals surface area contributed by atoms with Crippen molar-refractivity contribution in [3.05, 3.63) is 243 Å². The Morgan fingerprint density at radius 3 is 0.317 bits per heavy atom. The van der Waals surface area contributed by atoms with Gasteiger partial charge in [0.2, 0.25) is 0 Å². The molecule has 0 aliphatic rings. The van der Waals surface area contributed by atoms with Crippen LogP contribution >= 0.6 is 24.4 Å². The van der Waals surface area contributed by atoms with Crippen molar-refractivity contribution >= 4 is 58.0 Å². The van der Waals surface area contributed by atoms with E-state index in [9.17, 15) is 0 Å². The number of hydrogen-bond acceptors (Lipinski definition) is 14. The molecule has 0 aliphatic carbocycles. The van der Waals surface area contributed by atoms with E-state index < -0.39 is 0 Å². The van der Waals surface area contributed by atoms with Gasteiger partial charge in [-0.3, -0.25) is 0 Å². The van der Waals surface area contributed by atoms with Crippen LogP contribution in [0.5, 0.6) is 46.0 Å². The van der Waals surface area contributed by atoms with E-state index in [0.29, 0.717) is 46.0 Å². The second kappa shape index (κ2) is 233. The molecule has 8 aromatic rings. The first-order valence-electron chi connectivity index (χ1n) is 35.6. The fraction of sp³-hybridized carbons (Fsp3) is 0.442. The average Bonchev–Trinajstić information content (AvgIpc) is 3.88. The number of ether oxygens (including phenoxy) is 1. The van der Waals surface area contributed by atoms with Gasteiger partial charge in [0.25, 0.3) is 0 Å². The second-order valence-electron chi connectivity index (χ2n) is 12.7. The molecule has 12 N–H and O–H groups in total. The largest absolute Gasteiger partial charge is 0.508 e. The van der Waals surface area contributed by atoms with E-state index in [1.807, 2.05) is 255 Å². The van der Waals surface area contributed by atoms with Gasteiger partial charge in [-0.15, -0.1) is 0 Å². The minimum absolute atomic E-state index is 0. The van der Waals surface area contributed by atoms with Crippen molar-refractivity contribution in [3.63, 3.8) is 0 Å². The lowest BCUT2D eigenvalue weighted by atomic mass is 10.3. The zero-order valence-corrected chi connectivity index (χ0v) is 75.2. The number of hydrogen-bond donors (Lipinski definition) is 12. The van der Waals surface area contributed by atoms with E-state index in [4.69, 9.17) is 46.0 Å². The molecule has 0 aromatic heterocycles. The quantitative estimate of drug-likeness (QED) is 0.0502. The van der Waals surface area contributed by atoms with E-state index in [0.717, 1.165) is 7.11 Å². The Morgan fingerprint density at radius 2 is 0.298 bits per heavy atom. The number of nitrogens with one attached hydrogen (secondary N) is 1. The molecule has 0 spiro atoms. The van der Waals surface area contributed by atoms with Gasteiger partial charge in [-0.05, 0) is 137 Å². The van der Waals surface area contributed by atoms with Crippen LogP contribution in [0.3, 0.4) is 0 Å². The highest BCUT2D eigenvalue weighted by Crippen LogP contribution is 2.07. The van der Waals surface area contributed by atoms with Gasteiger partial charge >= 0.3 is 0 Å². The zero-order valence-electron chi connectivity index (χ0n) is 73.5. The zero-order chi connectivity index (χ0) is 83.7. The van der Waals surface area contributed by atoms with Gasteiger partial charge in [0.15, 0.2) is 0 Å². The lowest BCUT2D eigenvalue weighted by Gasteiger charge is -1.82. The summed E-state index contributed by atoms with van der Waals surface area (Å²) < 4.78 is 4.25. The molecule has 0 unspecified atom stereocenters. The summed E-state index contributed by atoms with van der Waals surface area (Å²) in [5, 5.41) is 78.8. The average molecular weight is 1500 g/mol. The van der Waals surface area contributed by atoms with Crippen LogP contribution in [0, 0.1) is 0 Å². The smallest absolute Gasteiger partial charge is 0.115 e. The number of para-hydroxylation sites is 8. The molecule has 0 atom stereocenters. The number of thioether (sulfide) groups is 1. The predicted molar refractivity (Wildman–Crippen MR) is 492 cm³/mol. The summed E-state index contributed by atoms with van der Waals surface area (Å²) in [4.78, 5) is 0. The lowest BCUT2D eigenvalue weighted by molar-refractivity contribution is 0.277. The highest BCUT2D eigenvalue weighted by molar-refractivity contribution is 7.97. The molecule has 0 amide bonds. The van der Waals surface area contributed by atoms with E-state index in [1.165, 1.54) is 13.5 Å². The maximum absolute atomic E-state index is 8.63. The van der Waals surface area contributed by atoms with Crippen molar-refractivity contribution in [3.8, 4) is 46.0 Å². The predicted octanol–water partition coefficient (Wildman–Crippen LogP) is 25.2. The van der Waals surface area contributed by atoms with E-state index in [1.54, 1.807) is 226 Å². The van der Waals surface area contributed by atoms with Gasteiger partial charge in [-0.2, -0.15) is 24.4 Å². The monoisotopic (exact) mass is 1500 g/mol. The standard InChI is InChI=1S/8C6H6O.C3H8.C2H7N.C2H6O.C2H6S.13C2H6.CH5N.CH4O.CH4S.4B/c8*7-6-4-2-1-3-5-6;4*1-3-2;16*1-2;;;;/h8*1-5,7H;3H2,1-2H3;3H,1-2H3;2*1-2H3;13*1-2H3;2H2,1H3;2*2H,1H3;;;;. The van der Waals surface area contributed by atoms with Crippen molar-refractivity contribution in [1.29, 1.82) is 0 Å². The number of rotatable bonds is 0. The number of phenols is 8. The Kier molecular flexibility index (Phi) is 376. The summed E-state index contributed by atoms with van der Waals surface area (Å²) in [7, 11) is 9.50. The summed E-state index contributed by atoms with van der Waals surface area (Å²) in [6.07, 6.45) is 7.03. The van der Waals surface area contributed by atoms with Crippen LogP contribution in [-0.4, -0.2) is 141 Å². The molecule has 18 heteroatoms. The Labute approximate surface area is 666 Å². The Hall–Kier alpha value is -7.04. The minimum atomic E-state index is 0. The molecule has 604 valence electrons. The number of aliphatic hydroxyl groups excluding tert-OH is 1. The molecule has 0 heterocycles. The first-order valence-corrected chi connectivity index (χ1v) is 38.1. The fourth-order valence-electron chi connectivity index (χ4n) is 3.42. The third-order valence-corrected chi connectivity index (χ3v) is 6.05. The van der Waals surface area contributed by atoms with Crippen molar-refractivity contribution in [2.24, 2.45) is 5.73 Å². The van der Waals surface area contributed by atoms with Crippen LogP contribution in [0.1, 0.15) is 200 Å². The summed E-state index contributed by atoms with van der Waals surface area (Å²) in [6.45, 7) is 56.2. The summed E-state index contributed by atoms with van der Waals surface area (Å²) in [5.74, 6) is 2.57. The van der Waals surface area contributed by atoms with E-state index in [2.05, 4.69) is 42.3 Å². The minimum Gasteiger partial charge on any atom is -0.508 e. The molecule has 12 nitrogen and oxygen atoms in total. The maximum Gasteiger partial charge on any atom is 0.115 e. The maximum atomic E-state index is 8.63. The summed E-state index contributed by atoms with van der Waals surface area (Å²) in [6, 6.07) is 69.7. The highest BCUT2D eigenvalue weighted by Gasteiger charge is 1.79. The first-order chi connectivity index (χ1) is 48.8. The third-order valence-electron chi connectivity index (χ3n) is 6.05. The summed E-state index contributed by atoms with van der Waals surface area (Å²) in [5.41, 5.74) is 4.50. The van der Waals surface area contributed by atoms with Crippen molar-refractivity contribution in [1.82, 2.24) is 5.32 Å². The van der Waals surface area contributed by atoms with Gasteiger partial charge in [0, 0.05) is 55.0 Å². The molecule has 0 saturated heterocycles. The van der Waals surface area contributed by atoms with Crippen LogP contribution in [0.15, 0.2) is 243 Å². The normalized spacial score (nSPS) is 6.23. The SMILES string of the molecule is CC.CC.CC.CC.CC.CC.CC.CC.CC.CC.CC.CC.CC.CCC.CN.CNC.CO.COC.CS.CSC.Oc1ccccc1.Oc1ccccc1.Oc1ccccc1.Oc1ccccc1.Oc1ccccc1.Oc1ccccc1.Oc1ccccc1.Oc1ccccc1.[B].[B].[B].[B]. The molecule has 0 bridgehead atoms. The van der Waals surface area contributed by atoms with E-state index >= 15 is 0 Å².